The summed E-state index contributed by atoms with van der Waals surface area (Å²) in [6, 6.07) is 11.5. The normalized spacial score (nSPS) is 17.8. The predicted octanol–water partition coefficient (Wildman–Crippen LogP) is 1.93. The number of halogens is 1. The van der Waals surface area contributed by atoms with Gasteiger partial charge in [-0.25, -0.2) is 4.98 Å². The van der Waals surface area contributed by atoms with Gasteiger partial charge in [0.25, 0.3) is 0 Å². The van der Waals surface area contributed by atoms with Gasteiger partial charge in [-0.15, -0.1) is 0 Å². The number of likely N-dealkylation sites (tertiary alicyclic amines) is 1. The van der Waals surface area contributed by atoms with E-state index in [0.29, 0.717) is 25.3 Å². The lowest BCUT2D eigenvalue weighted by Crippen LogP contribution is -2.27. The maximum atomic E-state index is 12.1. The van der Waals surface area contributed by atoms with Crippen LogP contribution in [0.5, 0.6) is 0 Å². The van der Waals surface area contributed by atoms with E-state index >= 15 is 0 Å². The van der Waals surface area contributed by atoms with Gasteiger partial charge >= 0.3 is 0 Å². The predicted molar refractivity (Wildman–Crippen MR) is 85.3 cm³/mol. The molecule has 0 aliphatic carbocycles. The Hall–Kier alpha value is -2.34. The number of hydrogen-bond donors (Lipinski definition) is 2. The van der Waals surface area contributed by atoms with Crippen LogP contribution in [0.15, 0.2) is 36.4 Å². The highest BCUT2D eigenvalue weighted by Gasteiger charge is 2.29. The van der Waals surface area contributed by atoms with Crippen molar-refractivity contribution in [3.05, 3.63) is 47.1 Å². The van der Waals surface area contributed by atoms with E-state index in [1.54, 1.807) is 6.07 Å². The topological polar surface area (TPSA) is 84.1 Å². The second-order valence-electron chi connectivity index (χ2n) is 5.24. The van der Waals surface area contributed by atoms with E-state index < -0.39 is 0 Å². The number of carbonyl (C=O) groups is 1. The van der Waals surface area contributed by atoms with Crippen molar-refractivity contribution in [1.82, 2.24) is 14.9 Å². The molecule has 0 saturated carbocycles. The number of anilines is 2. The molecule has 1 aromatic carbocycles. The van der Waals surface area contributed by atoms with Crippen molar-refractivity contribution in [2.45, 2.75) is 19.0 Å². The molecule has 6 nitrogen and oxygen atoms in total. The first kappa shape index (κ1) is 14.6. The Balaban J connectivity index is 1.64. The Morgan fingerprint density at radius 3 is 2.82 bits per heavy atom. The molecule has 3 N–H and O–H groups in total. The maximum Gasteiger partial charge on any atom is 0.225 e. The molecule has 7 heteroatoms. The second kappa shape index (κ2) is 6.19. The molecule has 1 atom stereocenters. The molecule has 0 bridgehead atoms. The standard InChI is InChI=1S/C15H16ClN5O/c16-12-7-13(20-15(17)19-12)18-11-6-14(22)21(9-11)8-10-4-2-1-3-5-10/h1-5,7,11H,6,8-9H2,(H3,17,18,19,20)/t11-/m1/s1. The summed E-state index contributed by atoms with van der Waals surface area (Å²) in [6.45, 7) is 1.24. The van der Waals surface area contributed by atoms with Gasteiger partial charge in [-0.2, -0.15) is 4.98 Å². The van der Waals surface area contributed by atoms with E-state index in [4.69, 9.17) is 17.3 Å². The summed E-state index contributed by atoms with van der Waals surface area (Å²) in [4.78, 5) is 21.8. The van der Waals surface area contributed by atoms with Crippen molar-refractivity contribution in [2.75, 3.05) is 17.6 Å². The van der Waals surface area contributed by atoms with Gasteiger partial charge in [-0.05, 0) is 5.56 Å². The van der Waals surface area contributed by atoms with Crippen molar-refractivity contribution >= 4 is 29.3 Å². The fourth-order valence-electron chi connectivity index (χ4n) is 2.54. The van der Waals surface area contributed by atoms with E-state index in [2.05, 4.69) is 15.3 Å². The monoisotopic (exact) mass is 317 g/mol. The van der Waals surface area contributed by atoms with Crippen LogP contribution < -0.4 is 11.1 Å². The number of nitrogens with one attached hydrogen (secondary N) is 1. The van der Waals surface area contributed by atoms with E-state index in [0.717, 1.165) is 5.56 Å². The first-order chi connectivity index (χ1) is 10.6. The molecule has 0 radical (unpaired) electrons. The second-order valence-corrected chi connectivity index (χ2v) is 5.63. The van der Waals surface area contributed by atoms with Crippen LogP contribution in [0.3, 0.4) is 0 Å². The average molecular weight is 318 g/mol. The fourth-order valence-corrected chi connectivity index (χ4v) is 2.73. The summed E-state index contributed by atoms with van der Waals surface area (Å²) in [5.74, 6) is 0.770. The quantitative estimate of drug-likeness (QED) is 0.842. The highest BCUT2D eigenvalue weighted by molar-refractivity contribution is 6.29. The van der Waals surface area contributed by atoms with Gasteiger partial charge in [-0.3, -0.25) is 4.79 Å². The Morgan fingerprint density at radius 2 is 2.09 bits per heavy atom. The number of nitrogen functional groups attached to an aromatic ring is 1. The van der Waals surface area contributed by atoms with Crippen LogP contribution >= 0.6 is 11.6 Å². The Labute approximate surface area is 133 Å². The lowest BCUT2D eigenvalue weighted by atomic mass is 10.2. The van der Waals surface area contributed by atoms with Crippen LogP contribution in [0.2, 0.25) is 5.15 Å². The molecule has 2 aromatic rings. The number of benzene rings is 1. The largest absolute Gasteiger partial charge is 0.368 e. The third kappa shape index (κ3) is 3.46. The zero-order chi connectivity index (χ0) is 15.5. The van der Waals surface area contributed by atoms with Gasteiger partial charge in [0.1, 0.15) is 11.0 Å². The summed E-state index contributed by atoms with van der Waals surface area (Å²) in [5.41, 5.74) is 6.68. The van der Waals surface area contributed by atoms with Crippen molar-refractivity contribution in [3.63, 3.8) is 0 Å². The molecule has 1 aromatic heterocycles. The zero-order valence-corrected chi connectivity index (χ0v) is 12.6. The van der Waals surface area contributed by atoms with E-state index in [1.807, 2.05) is 35.2 Å². The van der Waals surface area contributed by atoms with Gasteiger partial charge in [0.05, 0.1) is 6.04 Å². The summed E-state index contributed by atoms with van der Waals surface area (Å²) < 4.78 is 0. The van der Waals surface area contributed by atoms with Gasteiger partial charge in [0, 0.05) is 25.6 Å². The molecule has 1 aliphatic rings. The van der Waals surface area contributed by atoms with Crippen molar-refractivity contribution in [3.8, 4) is 0 Å². The van der Waals surface area contributed by atoms with Crippen LogP contribution in [0.1, 0.15) is 12.0 Å². The Kier molecular flexibility index (Phi) is 4.11. The van der Waals surface area contributed by atoms with Gasteiger partial charge < -0.3 is 16.0 Å². The fraction of sp³-hybridized carbons (Fsp3) is 0.267. The number of aromatic nitrogens is 2. The van der Waals surface area contributed by atoms with Crippen molar-refractivity contribution in [1.29, 1.82) is 0 Å². The minimum absolute atomic E-state index is 0.0124. The third-order valence-electron chi connectivity index (χ3n) is 3.49. The van der Waals surface area contributed by atoms with Crippen LogP contribution in [0.25, 0.3) is 0 Å². The summed E-state index contributed by atoms with van der Waals surface area (Å²) in [7, 11) is 0. The molecule has 1 saturated heterocycles. The van der Waals surface area contributed by atoms with Gasteiger partial charge in [0.2, 0.25) is 11.9 Å². The molecule has 22 heavy (non-hydrogen) atoms. The first-order valence-corrected chi connectivity index (χ1v) is 7.36. The highest BCUT2D eigenvalue weighted by Crippen LogP contribution is 2.20. The summed E-state index contributed by atoms with van der Waals surface area (Å²) in [5, 5.41) is 3.47. The maximum absolute atomic E-state index is 12.1. The summed E-state index contributed by atoms with van der Waals surface area (Å²) >= 11 is 5.85. The summed E-state index contributed by atoms with van der Waals surface area (Å²) in [6.07, 6.45) is 0.425. The van der Waals surface area contributed by atoms with E-state index in [9.17, 15) is 4.79 Å². The average Bonchev–Trinajstić information content (AvgIpc) is 2.78. The number of nitrogens with two attached hydrogens (primary N) is 1. The molecule has 1 amide bonds. The molecule has 0 spiro atoms. The minimum Gasteiger partial charge on any atom is -0.368 e. The van der Waals surface area contributed by atoms with Crippen LogP contribution in [-0.2, 0) is 11.3 Å². The lowest BCUT2D eigenvalue weighted by Gasteiger charge is -2.17. The molecule has 0 unspecified atom stereocenters. The van der Waals surface area contributed by atoms with Crippen molar-refractivity contribution < 1.29 is 4.79 Å². The Bertz CT molecular complexity index is 659. The van der Waals surface area contributed by atoms with E-state index in [-0.39, 0.29) is 23.1 Å². The van der Waals surface area contributed by atoms with Gasteiger partial charge in [-0.1, -0.05) is 41.9 Å². The Morgan fingerprint density at radius 1 is 1.32 bits per heavy atom. The van der Waals surface area contributed by atoms with Crippen LogP contribution in [-0.4, -0.2) is 33.4 Å². The number of hydrogen-bond acceptors (Lipinski definition) is 5. The number of nitrogens with zero attached hydrogens (tertiary/aromatic N) is 3. The molecule has 1 fully saturated rings. The highest BCUT2D eigenvalue weighted by atomic mass is 35.5. The molecule has 1 aliphatic heterocycles. The zero-order valence-electron chi connectivity index (χ0n) is 11.9. The molecular weight excluding hydrogens is 302 g/mol. The number of rotatable bonds is 4. The first-order valence-electron chi connectivity index (χ1n) is 6.98. The third-order valence-corrected chi connectivity index (χ3v) is 3.69. The number of carbonyl (C=O) groups excluding carboxylic acids is 1. The molecule has 2 heterocycles. The lowest BCUT2D eigenvalue weighted by molar-refractivity contribution is -0.128. The van der Waals surface area contributed by atoms with Crippen molar-refractivity contribution in [2.24, 2.45) is 0 Å². The SMILES string of the molecule is Nc1nc(Cl)cc(N[C@@H]2CC(=O)N(Cc3ccccc3)C2)n1. The minimum atomic E-state index is -0.0124. The molecule has 114 valence electrons. The number of amides is 1. The van der Waals surface area contributed by atoms with E-state index in [1.165, 1.54) is 0 Å². The molecular formula is C15H16ClN5O. The van der Waals surface area contributed by atoms with Crippen LogP contribution in [0, 0.1) is 0 Å². The van der Waals surface area contributed by atoms with Crippen LogP contribution in [0.4, 0.5) is 11.8 Å². The van der Waals surface area contributed by atoms with Gasteiger partial charge in [0.15, 0.2) is 0 Å². The smallest absolute Gasteiger partial charge is 0.225 e. The molecule has 3 rings (SSSR count).